The number of piperidine rings is 1. The molecule has 5 aromatic rings. The zero-order valence-electron chi connectivity index (χ0n) is 38.1. The molecule has 2 aromatic carbocycles. The zero-order chi connectivity index (χ0) is 47.3. The largest absolute Gasteiger partial charge is 0.453 e. The van der Waals surface area contributed by atoms with Gasteiger partial charge in [0.2, 0.25) is 5.82 Å². The highest BCUT2D eigenvalue weighted by molar-refractivity contribution is 7.90. The van der Waals surface area contributed by atoms with Crippen LogP contribution < -0.4 is 19.7 Å². The van der Waals surface area contributed by atoms with Crippen LogP contribution in [0.15, 0.2) is 71.9 Å². The monoisotopic (exact) mass is 932 g/mol. The first-order valence-corrected chi connectivity index (χ1v) is 24.7. The molecule has 4 N–H and O–H groups in total. The summed E-state index contributed by atoms with van der Waals surface area (Å²) in [5.41, 5.74) is 2.58. The smallest absolute Gasteiger partial charge is 0.312 e. The topological polar surface area (TPSA) is 196 Å². The van der Waals surface area contributed by atoms with Crippen molar-refractivity contribution in [1.82, 2.24) is 24.6 Å². The molecule has 4 fully saturated rings. The van der Waals surface area contributed by atoms with Gasteiger partial charge in [-0.05, 0) is 117 Å². The minimum absolute atomic E-state index is 0.0211. The summed E-state index contributed by atoms with van der Waals surface area (Å²) in [6, 6.07) is 16.5. The Morgan fingerprint density at radius 2 is 1.82 bits per heavy atom. The van der Waals surface area contributed by atoms with E-state index in [2.05, 4.69) is 74.1 Å². The Hall–Kier alpha value is -6.09. The molecule has 4 aliphatic rings. The maximum atomic E-state index is 14.8. The van der Waals surface area contributed by atoms with Crippen molar-refractivity contribution in [3.63, 3.8) is 0 Å². The Bertz CT molecular complexity index is 2850. The third kappa shape index (κ3) is 9.44. The van der Waals surface area contributed by atoms with Crippen LogP contribution in [0.25, 0.3) is 11.0 Å². The number of fused-ring (bicyclic) bond motifs is 1. The van der Waals surface area contributed by atoms with Crippen LogP contribution in [0.5, 0.6) is 11.5 Å². The number of terminal acetylenes is 1. The van der Waals surface area contributed by atoms with E-state index in [0.29, 0.717) is 50.1 Å². The van der Waals surface area contributed by atoms with E-state index in [1.165, 1.54) is 42.5 Å². The molecule has 2 aliphatic heterocycles. The number of H-pyrrole nitrogens is 1. The number of hydrogen-bond donors (Lipinski definition) is 4. The number of likely N-dealkylation sites (tertiary alicyclic amines) is 1. The summed E-state index contributed by atoms with van der Waals surface area (Å²) in [6.07, 6.45) is 16.1. The van der Waals surface area contributed by atoms with Crippen molar-refractivity contribution in [2.45, 2.75) is 107 Å². The van der Waals surface area contributed by atoms with Crippen molar-refractivity contribution in [1.29, 1.82) is 0 Å². The van der Waals surface area contributed by atoms with E-state index in [9.17, 15) is 32.8 Å². The number of nitrogens with zero attached hydrogens (tertiary/aromatic N) is 5. The Morgan fingerprint density at radius 3 is 2.54 bits per heavy atom. The normalized spacial score (nSPS) is 22.9. The number of amides is 1. The van der Waals surface area contributed by atoms with Gasteiger partial charge in [-0.2, -0.15) is 0 Å². The van der Waals surface area contributed by atoms with Gasteiger partial charge < -0.3 is 25.0 Å². The highest BCUT2D eigenvalue weighted by atomic mass is 32.2. The van der Waals surface area contributed by atoms with Gasteiger partial charge >= 0.3 is 5.69 Å². The van der Waals surface area contributed by atoms with Crippen LogP contribution in [0.1, 0.15) is 118 Å². The number of pyridine rings is 2. The number of aromatic nitrogens is 3. The molecular weight excluding hydrogens is 876 g/mol. The molecule has 1 amide bonds. The van der Waals surface area contributed by atoms with Crippen LogP contribution in [0.2, 0.25) is 0 Å². The molecule has 17 heteroatoms. The first-order valence-electron chi connectivity index (χ1n) is 23.2. The van der Waals surface area contributed by atoms with Crippen LogP contribution in [-0.2, 0) is 10.0 Å². The lowest BCUT2D eigenvalue weighted by Crippen LogP contribution is -2.63. The Kier molecular flexibility index (Phi) is 12.5. The molecule has 0 bridgehead atoms. The molecule has 2 aliphatic carbocycles. The van der Waals surface area contributed by atoms with Gasteiger partial charge in [0.1, 0.15) is 22.1 Å². The fourth-order valence-electron chi connectivity index (χ4n) is 10.8. The van der Waals surface area contributed by atoms with Crippen molar-refractivity contribution < 1.29 is 32.4 Å². The summed E-state index contributed by atoms with van der Waals surface area (Å²) in [5.74, 6) is 1.71. The standard InChI is InChI=1S/C50H57FN8O7S/c1-5-41-45(25-39-40(51)28-54-46(39)55-41)66-44-23-33(57-21-19-50(20-22-57)29-58(30-50)42-12-8-11-37(42)36-10-7-6-9-35(36)31(2)3)13-14-38(44)48(60)56-67(64,65)34-24-43(59(62)63)47(53-27-34)52-26-32-15-17-49(4,61)18-16-32/h1,6-7,9-10,13-14,23-25,27-28,31-32,37,42,61H,8,11-12,15-22,26,29-30H2,2-4H3,(H,52,53)(H,54,55)(H,56,60)/t32?,37-,42-,49?/m1/s1. The number of aromatic amines is 1. The molecule has 5 heterocycles. The molecule has 1 spiro atoms. The summed E-state index contributed by atoms with van der Waals surface area (Å²) < 4.78 is 50.7. The molecule has 3 aromatic heterocycles. The van der Waals surface area contributed by atoms with Crippen LogP contribution in [0.4, 0.5) is 21.6 Å². The number of hydrogen-bond acceptors (Lipinski definition) is 12. The number of halogens is 1. The van der Waals surface area contributed by atoms with E-state index >= 15 is 0 Å². The SMILES string of the molecule is C#Cc1nc2[nH]cc(F)c2cc1Oc1cc(N2CCC3(CC2)CN([C@@H]2CCC[C@@H]2c2ccccc2C(C)C)C3)ccc1C(=O)NS(=O)(=O)c1cnc(NCC2CCC(C)(O)CC2)c([N+](=O)[O-])c1. The lowest BCUT2D eigenvalue weighted by atomic mass is 9.70. The molecule has 15 nitrogen and oxygen atoms in total. The molecule has 2 saturated carbocycles. The number of sulfonamides is 1. The average molecular weight is 933 g/mol. The predicted octanol–water partition coefficient (Wildman–Crippen LogP) is 8.61. The summed E-state index contributed by atoms with van der Waals surface area (Å²) in [6.45, 7) is 10.3. The van der Waals surface area contributed by atoms with Gasteiger partial charge in [0.05, 0.1) is 27.7 Å². The lowest BCUT2D eigenvalue weighted by molar-refractivity contribution is -0.384. The number of benzene rings is 2. The van der Waals surface area contributed by atoms with Crippen molar-refractivity contribution >= 4 is 44.2 Å². The number of ether oxygens (including phenoxy) is 1. The highest BCUT2D eigenvalue weighted by Crippen LogP contribution is 2.49. The zero-order valence-corrected chi connectivity index (χ0v) is 38.9. The third-order valence-corrected chi connectivity index (χ3v) is 16.0. The molecule has 0 radical (unpaired) electrons. The van der Waals surface area contributed by atoms with Gasteiger partial charge in [-0.25, -0.2) is 27.5 Å². The first kappa shape index (κ1) is 46.0. The van der Waals surface area contributed by atoms with E-state index in [1.54, 1.807) is 19.1 Å². The number of nitro groups is 1. The Labute approximate surface area is 390 Å². The average Bonchev–Trinajstić information content (AvgIpc) is 3.93. The van der Waals surface area contributed by atoms with E-state index in [0.717, 1.165) is 63.2 Å². The maximum Gasteiger partial charge on any atom is 0.312 e. The van der Waals surface area contributed by atoms with Crippen molar-refractivity contribution in [3.8, 4) is 23.8 Å². The van der Waals surface area contributed by atoms with Gasteiger partial charge in [-0.3, -0.25) is 19.8 Å². The molecule has 67 heavy (non-hydrogen) atoms. The number of anilines is 2. The number of carbonyl (C=O) groups is 1. The molecule has 2 saturated heterocycles. The van der Waals surface area contributed by atoms with E-state index in [1.807, 2.05) is 4.72 Å². The molecule has 352 valence electrons. The van der Waals surface area contributed by atoms with E-state index in [-0.39, 0.29) is 50.9 Å². The second kappa shape index (κ2) is 18.2. The quantitative estimate of drug-likeness (QED) is 0.0499. The molecule has 0 unspecified atom stereocenters. The number of carbonyl (C=O) groups excluding carboxylic acids is 1. The Morgan fingerprint density at radius 1 is 1.07 bits per heavy atom. The second-order valence-electron chi connectivity index (χ2n) is 19.6. The third-order valence-electron chi connectivity index (χ3n) is 14.7. The molecule has 2 atom stereocenters. The first-order chi connectivity index (χ1) is 32.0. The lowest BCUT2D eigenvalue weighted by Gasteiger charge is -2.57. The molecular formula is C50H57FN8O7S. The summed E-state index contributed by atoms with van der Waals surface area (Å²) in [7, 11) is -4.73. The predicted molar refractivity (Wildman–Crippen MR) is 253 cm³/mol. The summed E-state index contributed by atoms with van der Waals surface area (Å²) >= 11 is 0. The summed E-state index contributed by atoms with van der Waals surface area (Å²) in [5, 5.41) is 25.5. The Balaban J connectivity index is 0.929. The van der Waals surface area contributed by atoms with Crippen molar-refractivity contribution in [3.05, 3.63) is 105 Å². The van der Waals surface area contributed by atoms with Crippen molar-refractivity contribution in [2.75, 3.05) is 42.9 Å². The minimum Gasteiger partial charge on any atom is -0.453 e. The van der Waals surface area contributed by atoms with Gasteiger partial charge in [0.15, 0.2) is 11.4 Å². The number of rotatable bonds is 13. The van der Waals surface area contributed by atoms with Gasteiger partial charge in [-0.1, -0.05) is 44.5 Å². The molecule has 9 rings (SSSR count). The highest BCUT2D eigenvalue weighted by Gasteiger charge is 2.49. The maximum absolute atomic E-state index is 14.8. The van der Waals surface area contributed by atoms with E-state index < -0.39 is 42.9 Å². The summed E-state index contributed by atoms with van der Waals surface area (Å²) in [4.78, 5) is 40.9. The van der Waals surface area contributed by atoms with Crippen LogP contribution in [-0.4, -0.2) is 88.6 Å². The van der Waals surface area contributed by atoms with Gasteiger partial charge in [0.25, 0.3) is 15.9 Å². The van der Waals surface area contributed by atoms with Crippen LogP contribution >= 0.6 is 0 Å². The van der Waals surface area contributed by atoms with E-state index in [4.69, 9.17) is 11.2 Å². The number of nitrogens with one attached hydrogen (secondary N) is 3. The fourth-order valence-corrected chi connectivity index (χ4v) is 11.8. The van der Waals surface area contributed by atoms with Gasteiger partial charge in [0, 0.05) is 62.8 Å². The van der Waals surface area contributed by atoms with Crippen molar-refractivity contribution in [2.24, 2.45) is 11.3 Å². The second-order valence-corrected chi connectivity index (χ2v) is 21.3. The van der Waals surface area contributed by atoms with Crippen LogP contribution in [0, 0.1) is 39.6 Å². The van der Waals surface area contributed by atoms with Crippen LogP contribution in [0.3, 0.4) is 0 Å². The fraction of sp³-hybridized carbons (Fsp3) is 0.460. The minimum atomic E-state index is -4.73. The van der Waals surface area contributed by atoms with Gasteiger partial charge in [-0.15, -0.1) is 6.42 Å². The number of aliphatic hydroxyl groups is 1.